The van der Waals surface area contributed by atoms with Crippen LogP contribution in [0, 0.1) is 0 Å². The van der Waals surface area contributed by atoms with Crippen LogP contribution in [-0.4, -0.2) is 86.0 Å². The van der Waals surface area contributed by atoms with E-state index >= 15 is 0 Å². The highest BCUT2D eigenvalue weighted by atomic mass is 16.5. The summed E-state index contributed by atoms with van der Waals surface area (Å²) in [5.74, 6) is -0.00160. The van der Waals surface area contributed by atoms with Crippen molar-refractivity contribution in [3.8, 4) is 5.69 Å². The van der Waals surface area contributed by atoms with Crippen LogP contribution in [0.1, 0.15) is 12.2 Å². The van der Waals surface area contributed by atoms with E-state index in [2.05, 4.69) is 25.3 Å². The summed E-state index contributed by atoms with van der Waals surface area (Å²) in [5, 5.41) is 21.7. The molecule has 1 aromatic carbocycles. The number of carboxylic acids is 1. The molecule has 9 nitrogen and oxygen atoms in total. The lowest BCUT2D eigenvalue weighted by molar-refractivity contribution is -0.153. The van der Waals surface area contributed by atoms with Crippen LogP contribution >= 0.6 is 0 Å². The number of aliphatic carboxylic acids is 1. The molecule has 2 aliphatic rings. The SMILES string of the molecule is O=C(O)C1(N2CCN(Cc3nnnn3-c3ccccc3)CC2)CCOC1. The van der Waals surface area contributed by atoms with Crippen molar-refractivity contribution in [1.29, 1.82) is 0 Å². The quantitative estimate of drug-likeness (QED) is 0.799. The average molecular weight is 358 g/mol. The van der Waals surface area contributed by atoms with Crippen molar-refractivity contribution in [3.63, 3.8) is 0 Å². The van der Waals surface area contributed by atoms with Gasteiger partial charge in [-0.1, -0.05) is 18.2 Å². The molecule has 2 saturated heterocycles. The Labute approximate surface area is 151 Å². The van der Waals surface area contributed by atoms with Crippen molar-refractivity contribution in [3.05, 3.63) is 36.2 Å². The first-order valence-corrected chi connectivity index (χ1v) is 8.80. The van der Waals surface area contributed by atoms with Crippen molar-refractivity contribution in [2.24, 2.45) is 0 Å². The third-order valence-electron chi connectivity index (χ3n) is 5.28. The van der Waals surface area contributed by atoms with E-state index in [1.165, 1.54) is 0 Å². The lowest BCUT2D eigenvalue weighted by atomic mass is 9.95. The standard InChI is InChI=1S/C17H22N6O3/c24-16(25)17(6-11-26-13-17)22-9-7-21(8-10-22)12-15-18-19-20-23(15)14-4-2-1-3-5-14/h1-5H,6-13H2,(H,24,25). The molecule has 138 valence electrons. The number of tetrazole rings is 1. The third kappa shape index (κ3) is 3.09. The molecule has 2 aliphatic heterocycles. The fourth-order valence-electron chi connectivity index (χ4n) is 3.72. The van der Waals surface area contributed by atoms with E-state index in [9.17, 15) is 9.90 Å². The van der Waals surface area contributed by atoms with Crippen LogP contribution in [0.25, 0.3) is 5.69 Å². The van der Waals surface area contributed by atoms with E-state index in [-0.39, 0.29) is 6.61 Å². The van der Waals surface area contributed by atoms with E-state index < -0.39 is 11.5 Å². The lowest BCUT2D eigenvalue weighted by Crippen LogP contribution is -2.61. The van der Waals surface area contributed by atoms with Gasteiger partial charge in [-0.15, -0.1) is 5.10 Å². The van der Waals surface area contributed by atoms with E-state index in [1.54, 1.807) is 4.68 Å². The molecule has 1 atom stereocenters. The smallest absolute Gasteiger partial charge is 0.326 e. The monoisotopic (exact) mass is 358 g/mol. The molecule has 0 radical (unpaired) electrons. The van der Waals surface area contributed by atoms with Gasteiger partial charge in [-0.3, -0.25) is 14.6 Å². The van der Waals surface area contributed by atoms with Gasteiger partial charge < -0.3 is 9.84 Å². The number of hydrogen-bond donors (Lipinski definition) is 1. The van der Waals surface area contributed by atoms with E-state index in [4.69, 9.17) is 4.74 Å². The van der Waals surface area contributed by atoms with Gasteiger partial charge in [-0.25, -0.2) is 0 Å². The minimum absolute atomic E-state index is 0.272. The van der Waals surface area contributed by atoms with Crippen LogP contribution < -0.4 is 0 Å². The molecule has 0 aliphatic carbocycles. The molecule has 26 heavy (non-hydrogen) atoms. The van der Waals surface area contributed by atoms with Crippen molar-refractivity contribution in [1.82, 2.24) is 30.0 Å². The van der Waals surface area contributed by atoms with Crippen molar-refractivity contribution >= 4 is 5.97 Å². The highest BCUT2D eigenvalue weighted by Gasteiger charge is 2.48. The Kier molecular flexibility index (Phi) is 4.66. The number of aromatic nitrogens is 4. The van der Waals surface area contributed by atoms with Crippen LogP contribution in [0.15, 0.2) is 30.3 Å². The topological polar surface area (TPSA) is 96.6 Å². The number of nitrogens with zero attached hydrogens (tertiary/aromatic N) is 6. The molecule has 4 rings (SSSR count). The summed E-state index contributed by atoms with van der Waals surface area (Å²) in [6.07, 6.45) is 0.550. The Bertz CT molecular complexity index is 751. The van der Waals surface area contributed by atoms with Crippen LogP contribution in [-0.2, 0) is 16.1 Å². The number of ether oxygens (including phenoxy) is 1. The maximum absolute atomic E-state index is 11.8. The van der Waals surface area contributed by atoms with Gasteiger partial charge >= 0.3 is 5.97 Å². The normalized spacial score (nSPS) is 24.8. The van der Waals surface area contributed by atoms with Gasteiger partial charge in [0.05, 0.1) is 18.8 Å². The third-order valence-corrected chi connectivity index (χ3v) is 5.28. The zero-order chi connectivity index (χ0) is 18.0. The minimum atomic E-state index is -0.863. The van der Waals surface area contributed by atoms with Crippen molar-refractivity contribution in [2.45, 2.75) is 18.5 Å². The van der Waals surface area contributed by atoms with Crippen LogP contribution in [0.2, 0.25) is 0 Å². The maximum Gasteiger partial charge on any atom is 0.326 e. The molecular weight excluding hydrogens is 336 g/mol. The zero-order valence-electron chi connectivity index (χ0n) is 14.5. The van der Waals surface area contributed by atoms with Gasteiger partial charge in [0.2, 0.25) is 0 Å². The first kappa shape index (κ1) is 17.1. The van der Waals surface area contributed by atoms with Crippen molar-refractivity contribution < 1.29 is 14.6 Å². The summed E-state index contributed by atoms with van der Waals surface area (Å²) in [4.78, 5) is 16.1. The van der Waals surface area contributed by atoms with Gasteiger partial charge in [-0.05, 0) is 22.6 Å². The predicted octanol–water partition coefficient (Wildman–Crippen LogP) is 0.0236. The Morgan fingerprint density at radius 2 is 1.96 bits per heavy atom. The predicted molar refractivity (Wildman–Crippen MR) is 91.8 cm³/mol. The number of para-hydroxylation sites is 1. The summed E-state index contributed by atoms with van der Waals surface area (Å²) < 4.78 is 7.13. The van der Waals surface area contributed by atoms with Gasteiger partial charge in [0.25, 0.3) is 0 Å². The number of carboxylic acid groups (broad SMARTS) is 1. The number of rotatable bonds is 5. The van der Waals surface area contributed by atoms with Gasteiger partial charge in [0.15, 0.2) is 5.82 Å². The van der Waals surface area contributed by atoms with E-state index in [0.29, 0.717) is 32.7 Å². The molecule has 9 heteroatoms. The van der Waals surface area contributed by atoms with Crippen LogP contribution in [0.3, 0.4) is 0 Å². The minimum Gasteiger partial charge on any atom is -0.480 e. The fourth-order valence-corrected chi connectivity index (χ4v) is 3.72. The molecule has 0 amide bonds. The summed E-state index contributed by atoms with van der Waals surface area (Å²) in [6.45, 7) is 4.36. The van der Waals surface area contributed by atoms with E-state index in [1.807, 2.05) is 30.3 Å². The lowest BCUT2D eigenvalue weighted by Gasteiger charge is -2.42. The molecule has 2 aromatic rings. The van der Waals surface area contributed by atoms with E-state index in [0.717, 1.165) is 24.6 Å². The maximum atomic E-state index is 11.8. The molecule has 1 unspecified atom stereocenters. The number of hydrogen-bond acceptors (Lipinski definition) is 7. The Hall–Kier alpha value is -2.36. The number of benzene rings is 1. The second kappa shape index (κ2) is 7.10. The molecule has 0 bridgehead atoms. The fraction of sp³-hybridized carbons (Fsp3) is 0.529. The summed E-state index contributed by atoms with van der Waals surface area (Å²) >= 11 is 0. The summed E-state index contributed by atoms with van der Waals surface area (Å²) in [5.41, 5.74) is 0.0663. The van der Waals surface area contributed by atoms with Crippen molar-refractivity contribution in [2.75, 3.05) is 39.4 Å². The molecule has 0 saturated carbocycles. The second-order valence-corrected chi connectivity index (χ2v) is 6.74. The largest absolute Gasteiger partial charge is 0.480 e. The summed E-state index contributed by atoms with van der Waals surface area (Å²) in [6, 6.07) is 9.80. The highest BCUT2D eigenvalue weighted by Crippen LogP contribution is 2.28. The molecular formula is C17H22N6O3. The van der Waals surface area contributed by atoms with Crippen LogP contribution in [0.4, 0.5) is 0 Å². The number of carbonyl (C=O) groups is 1. The Balaban J connectivity index is 1.41. The number of piperazine rings is 1. The zero-order valence-corrected chi connectivity index (χ0v) is 14.5. The molecule has 1 aromatic heterocycles. The molecule has 0 spiro atoms. The average Bonchev–Trinajstić information content (AvgIpc) is 3.33. The second-order valence-electron chi connectivity index (χ2n) is 6.74. The highest BCUT2D eigenvalue weighted by molar-refractivity contribution is 5.79. The molecule has 2 fully saturated rings. The first-order chi connectivity index (χ1) is 12.7. The van der Waals surface area contributed by atoms with Gasteiger partial charge in [0.1, 0.15) is 5.54 Å². The Morgan fingerprint density at radius 3 is 2.62 bits per heavy atom. The Morgan fingerprint density at radius 1 is 1.19 bits per heavy atom. The molecule has 3 heterocycles. The molecule has 1 N–H and O–H groups in total. The summed E-state index contributed by atoms with van der Waals surface area (Å²) in [7, 11) is 0. The van der Waals surface area contributed by atoms with Crippen LogP contribution in [0.5, 0.6) is 0 Å². The van der Waals surface area contributed by atoms with Gasteiger partial charge in [0, 0.05) is 39.2 Å². The first-order valence-electron chi connectivity index (χ1n) is 8.80. The van der Waals surface area contributed by atoms with Gasteiger partial charge in [-0.2, -0.15) is 4.68 Å².